The highest BCUT2D eigenvalue weighted by atomic mass is 16.5. The summed E-state index contributed by atoms with van der Waals surface area (Å²) in [5.41, 5.74) is 2.44. The van der Waals surface area contributed by atoms with Crippen LogP contribution in [0, 0.1) is 5.41 Å². The standard InChI is InChI=1S/C24H28N2O4/c1-6-29-23(27)21-18(25-20-12-7-8-15-26(20)21)14-13-17-10-9-11-19(28-5)22(17)30-16-24(2,3)4/h7-15H,6,16H2,1-5H3/b14-13+. The van der Waals surface area contributed by atoms with Crippen LogP contribution >= 0.6 is 0 Å². The van der Waals surface area contributed by atoms with Crippen LogP contribution in [-0.2, 0) is 4.74 Å². The molecule has 0 fully saturated rings. The Morgan fingerprint density at radius 1 is 1.13 bits per heavy atom. The molecule has 6 heteroatoms. The Hall–Kier alpha value is -3.28. The number of pyridine rings is 1. The number of imidazole rings is 1. The maximum Gasteiger partial charge on any atom is 0.357 e. The van der Waals surface area contributed by atoms with Crippen molar-refractivity contribution >= 4 is 23.8 Å². The number of hydrogen-bond donors (Lipinski definition) is 0. The molecule has 0 aliphatic rings. The molecule has 6 nitrogen and oxygen atoms in total. The number of carbonyl (C=O) groups is 1. The van der Waals surface area contributed by atoms with E-state index in [1.54, 1.807) is 30.7 Å². The van der Waals surface area contributed by atoms with E-state index in [0.29, 0.717) is 41.7 Å². The lowest BCUT2D eigenvalue weighted by Crippen LogP contribution is -2.17. The van der Waals surface area contributed by atoms with Gasteiger partial charge in [0.05, 0.1) is 26.0 Å². The minimum absolute atomic E-state index is 0.000511. The van der Waals surface area contributed by atoms with E-state index in [1.807, 2.05) is 42.5 Å². The number of ether oxygens (including phenoxy) is 3. The first kappa shape index (κ1) is 21.4. The Labute approximate surface area is 177 Å². The summed E-state index contributed by atoms with van der Waals surface area (Å²) in [5.74, 6) is 0.903. The maximum atomic E-state index is 12.6. The van der Waals surface area contributed by atoms with Gasteiger partial charge in [0.25, 0.3) is 0 Å². The van der Waals surface area contributed by atoms with Crippen LogP contribution in [0.2, 0.25) is 0 Å². The van der Waals surface area contributed by atoms with Gasteiger partial charge in [-0.3, -0.25) is 4.40 Å². The highest BCUT2D eigenvalue weighted by Crippen LogP contribution is 2.34. The predicted molar refractivity (Wildman–Crippen MR) is 118 cm³/mol. The van der Waals surface area contributed by atoms with Gasteiger partial charge in [0.15, 0.2) is 17.2 Å². The molecule has 0 amide bonds. The van der Waals surface area contributed by atoms with Crippen molar-refractivity contribution in [1.29, 1.82) is 0 Å². The molecular weight excluding hydrogens is 380 g/mol. The number of nitrogens with zero attached hydrogens (tertiary/aromatic N) is 2. The quantitative estimate of drug-likeness (QED) is 0.508. The van der Waals surface area contributed by atoms with Crippen LogP contribution in [0.3, 0.4) is 0 Å². The van der Waals surface area contributed by atoms with Crippen molar-refractivity contribution in [1.82, 2.24) is 9.38 Å². The number of carbonyl (C=O) groups excluding carboxylic acids is 1. The average molecular weight is 408 g/mol. The first-order chi connectivity index (χ1) is 14.3. The van der Waals surface area contributed by atoms with E-state index >= 15 is 0 Å². The number of rotatable bonds is 7. The average Bonchev–Trinajstić information content (AvgIpc) is 3.08. The lowest BCUT2D eigenvalue weighted by atomic mass is 9.98. The van der Waals surface area contributed by atoms with E-state index in [9.17, 15) is 4.79 Å². The van der Waals surface area contributed by atoms with Gasteiger partial charge < -0.3 is 14.2 Å². The van der Waals surface area contributed by atoms with E-state index in [4.69, 9.17) is 14.2 Å². The van der Waals surface area contributed by atoms with Crippen molar-refractivity contribution in [2.75, 3.05) is 20.3 Å². The summed E-state index contributed by atoms with van der Waals surface area (Å²) < 4.78 is 18.6. The molecule has 0 atom stereocenters. The molecule has 158 valence electrons. The number of methoxy groups -OCH3 is 1. The molecular formula is C24H28N2O4. The summed E-state index contributed by atoms with van der Waals surface area (Å²) >= 11 is 0. The second kappa shape index (κ2) is 9.03. The van der Waals surface area contributed by atoms with Gasteiger partial charge in [-0.1, -0.05) is 39.0 Å². The van der Waals surface area contributed by atoms with E-state index in [0.717, 1.165) is 5.56 Å². The Morgan fingerprint density at radius 2 is 1.93 bits per heavy atom. The van der Waals surface area contributed by atoms with Crippen LogP contribution in [0.1, 0.15) is 49.4 Å². The smallest absolute Gasteiger partial charge is 0.357 e. The number of esters is 1. The topological polar surface area (TPSA) is 62.1 Å². The normalized spacial score (nSPS) is 11.8. The third kappa shape index (κ3) is 4.82. The van der Waals surface area contributed by atoms with Crippen LogP contribution in [0.25, 0.3) is 17.8 Å². The van der Waals surface area contributed by atoms with E-state index < -0.39 is 5.97 Å². The molecule has 3 rings (SSSR count). The summed E-state index contributed by atoms with van der Waals surface area (Å²) in [4.78, 5) is 17.2. The number of para-hydroxylation sites is 1. The van der Waals surface area contributed by atoms with Crippen molar-refractivity contribution in [3.8, 4) is 11.5 Å². The molecule has 0 spiro atoms. The van der Waals surface area contributed by atoms with Gasteiger partial charge in [0.2, 0.25) is 0 Å². The lowest BCUT2D eigenvalue weighted by Gasteiger charge is -2.21. The molecule has 0 unspecified atom stereocenters. The van der Waals surface area contributed by atoms with Gasteiger partial charge in [0, 0.05) is 11.8 Å². The Balaban J connectivity index is 2.03. The summed E-state index contributed by atoms with van der Waals surface area (Å²) in [6.07, 6.45) is 5.48. The van der Waals surface area contributed by atoms with Gasteiger partial charge >= 0.3 is 5.97 Å². The predicted octanol–water partition coefficient (Wildman–Crippen LogP) is 5.11. The fourth-order valence-corrected chi connectivity index (χ4v) is 2.97. The minimum Gasteiger partial charge on any atom is -0.493 e. The molecule has 0 saturated carbocycles. The minimum atomic E-state index is -0.411. The van der Waals surface area contributed by atoms with Crippen molar-refractivity contribution in [2.24, 2.45) is 5.41 Å². The Morgan fingerprint density at radius 3 is 2.63 bits per heavy atom. The zero-order chi connectivity index (χ0) is 21.7. The fourth-order valence-electron chi connectivity index (χ4n) is 2.97. The van der Waals surface area contributed by atoms with Crippen molar-refractivity contribution < 1.29 is 19.0 Å². The van der Waals surface area contributed by atoms with Crippen LogP contribution in [0.4, 0.5) is 0 Å². The number of fused-ring (bicyclic) bond motifs is 1. The summed E-state index contributed by atoms with van der Waals surface area (Å²) in [7, 11) is 1.62. The molecule has 2 aromatic heterocycles. The highest BCUT2D eigenvalue weighted by Gasteiger charge is 2.19. The van der Waals surface area contributed by atoms with Gasteiger partial charge in [-0.25, -0.2) is 9.78 Å². The molecule has 2 heterocycles. The van der Waals surface area contributed by atoms with E-state index in [2.05, 4.69) is 25.8 Å². The number of hydrogen-bond acceptors (Lipinski definition) is 5. The van der Waals surface area contributed by atoms with Crippen LogP contribution in [-0.4, -0.2) is 35.7 Å². The lowest BCUT2D eigenvalue weighted by molar-refractivity contribution is 0.0518. The largest absolute Gasteiger partial charge is 0.493 e. The zero-order valence-corrected chi connectivity index (χ0v) is 18.1. The number of benzene rings is 1. The molecule has 30 heavy (non-hydrogen) atoms. The van der Waals surface area contributed by atoms with Gasteiger partial charge in [0.1, 0.15) is 5.65 Å². The van der Waals surface area contributed by atoms with Crippen LogP contribution in [0.15, 0.2) is 42.6 Å². The number of aromatic nitrogens is 2. The third-order valence-corrected chi connectivity index (χ3v) is 4.33. The van der Waals surface area contributed by atoms with E-state index in [-0.39, 0.29) is 5.41 Å². The van der Waals surface area contributed by atoms with E-state index in [1.165, 1.54) is 0 Å². The molecule has 0 aliphatic heterocycles. The Bertz CT molecular complexity index is 1060. The second-order valence-electron chi connectivity index (χ2n) is 8.06. The zero-order valence-electron chi connectivity index (χ0n) is 18.1. The Kier molecular flexibility index (Phi) is 6.45. The van der Waals surface area contributed by atoms with Crippen molar-refractivity contribution in [3.05, 3.63) is 59.5 Å². The molecule has 0 N–H and O–H groups in total. The van der Waals surface area contributed by atoms with Gasteiger partial charge in [-0.2, -0.15) is 0 Å². The summed E-state index contributed by atoms with van der Waals surface area (Å²) in [6.45, 7) is 8.95. The molecule has 0 aliphatic carbocycles. The molecule has 0 saturated heterocycles. The first-order valence-corrected chi connectivity index (χ1v) is 9.96. The summed E-state index contributed by atoms with van der Waals surface area (Å²) in [6, 6.07) is 11.3. The van der Waals surface area contributed by atoms with Crippen molar-refractivity contribution in [2.45, 2.75) is 27.7 Å². The molecule has 1 aromatic carbocycles. The molecule has 0 radical (unpaired) electrons. The maximum absolute atomic E-state index is 12.6. The fraction of sp³-hybridized carbons (Fsp3) is 0.333. The summed E-state index contributed by atoms with van der Waals surface area (Å²) in [5, 5.41) is 0. The molecule has 3 aromatic rings. The van der Waals surface area contributed by atoms with Crippen molar-refractivity contribution in [3.63, 3.8) is 0 Å². The monoisotopic (exact) mass is 408 g/mol. The first-order valence-electron chi connectivity index (χ1n) is 9.96. The second-order valence-corrected chi connectivity index (χ2v) is 8.06. The molecule has 0 bridgehead atoms. The highest BCUT2D eigenvalue weighted by molar-refractivity contribution is 5.94. The SMILES string of the molecule is CCOC(=O)c1c(/C=C/c2cccc(OC)c2OCC(C)(C)C)nc2ccccn12. The van der Waals surface area contributed by atoms with Crippen LogP contribution < -0.4 is 9.47 Å². The van der Waals surface area contributed by atoms with Gasteiger partial charge in [-0.05, 0) is 42.7 Å². The van der Waals surface area contributed by atoms with Crippen LogP contribution in [0.5, 0.6) is 11.5 Å². The third-order valence-electron chi connectivity index (χ3n) is 4.33. The van der Waals surface area contributed by atoms with Gasteiger partial charge in [-0.15, -0.1) is 0 Å².